The van der Waals surface area contributed by atoms with Crippen LogP contribution in [0, 0.1) is 21.7 Å². The Morgan fingerprint density at radius 1 is 0.947 bits per heavy atom. The van der Waals surface area contributed by atoms with Gasteiger partial charge in [-0.25, -0.2) is 14.8 Å². The van der Waals surface area contributed by atoms with Crippen molar-refractivity contribution in [1.29, 1.82) is 5.41 Å². The minimum Gasteiger partial charge on any atom is -0.476 e. The van der Waals surface area contributed by atoms with Crippen LogP contribution < -0.4 is 10.6 Å². The number of carboxylic acid groups (broad SMARTS) is 1. The second-order valence-corrected chi connectivity index (χ2v) is 19.0. The molecule has 2 aromatic carbocycles. The molecular formula is C45H53N7O4S. The van der Waals surface area contributed by atoms with Crippen LogP contribution in [0.3, 0.4) is 0 Å². The normalized spacial score (nSPS) is 23.3. The van der Waals surface area contributed by atoms with E-state index in [0.29, 0.717) is 62.8 Å². The molecule has 2 aliphatic carbocycles. The predicted molar refractivity (Wildman–Crippen MR) is 229 cm³/mol. The molecule has 0 aliphatic heterocycles. The third-order valence-corrected chi connectivity index (χ3v) is 12.5. The number of ether oxygens (including phenoxy) is 1. The Morgan fingerprint density at radius 3 is 2.46 bits per heavy atom. The Hall–Kier alpha value is -5.04. The number of pyridine rings is 2. The molecule has 57 heavy (non-hydrogen) atoms. The Balaban J connectivity index is 1.14. The number of carboxylic acids is 1. The summed E-state index contributed by atoms with van der Waals surface area (Å²) in [5.74, 6) is -1.53. The Labute approximate surface area is 338 Å². The van der Waals surface area contributed by atoms with Crippen molar-refractivity contribution in [2.75, 3.05) is 39.1 Å². The van der Waals surface area contributed by atoms with Gasteiger partial charge in [0.1, 0.15) is 0 Å². The molecule has 3 aromatic heterocycles. The van der Waals surface area contributed by atoms with Crippen LogP contribution in [0.1, 0.15) is 93.1 Å². The van der Waals surface area contributed by atoms with Crippen LogP contribution >= 0.6 is 11.3 Å². The van der Waals surface area contributed by atoms with Gasteiger partial charge in [-0.3, -0.25) is 15.1 Å². The van der Waals surface area contributed by atoms with Crippen molar-refractivity contribution >= 4 is 61.3 Å². The maximum Gasteiger partial charge on any atom is 0.355 e. The van der Waals surface area contributed by atoms with E-state index in [1.54, 1.807) is 30.5 Å². The van der Waals surface area contributed by atoms with Gasteiger partial charge in [0.2, 0.25) is 0 Å². The summed E-state index contributed by atoms with van der Waals surface area (Å²) >= 11 is 1.40. The summed E-state index contributed by atoms with van der Waals surface area (Å²) < 4.78 is 7.81. The molecule has 2 fully saturated rings. The number of likely N-dealkylation sites (N-methyl/N-ethyl adjacent to an activating group) is 1. The Bertz CT molecular complexity index is 2370. The van der Waals surface area contributed by atoms with Crippen LogP contribution in [-0.2, 0) is 4.74 Å². The van der Waals surface area contributed by atoms with E-state index in [1.807, 2.05) is 43.3 Å². The summed E-state index contributed by atoms with van der Waals surface area (Å²) in [5.41, 5.74) is 4.14. The van der Waals surface area contributed by atoms with E-state index in [-0.39, 0.29) is 33.4 Å². The van der Waals surface area contributed by atoms with E-state index in [4.69, 9.17) is 10.1 Å². The fraction of sp³-hybridized carbons (Fsp3) is 0.422. The number of aromatic nitrogens is 3. The SMILES string of the molecule is C/C(NCC1(C)CC2(C)CC(C)(C)CC(OCCN(C)C)(C1)C2)=C(/C=N)c1ccc(-c2cnc3cccc(C(=O)Nc4nc5ccccc5s4)c3c2)nc1C(=O)O. The zero-order chi connectivity index (χ0) is 40.8. The summed E-state index contributed by atoms with van der Waals surface area (Å²) in [6.07, 6.45) is 8.01. The van der Waals surface area contributed by atoms with Crippen molar-refractivity contribution in [1.82, 2.24) is 25.2 Å². The van der Waals surface area contributed by atoms with Crippen molar-refractivity contribution in [3.05, 3.63) is 89.4 Å². The van der Waals surface area contributed by atoms with Crippen LogP contribution in [0.4, 0.5) is 5.13 Å². The maximum atomic E-state index is 13.6. The summed E-state index contributed by atoms with van der Waals surface area (Å²) in [6, 6.07) is 18.3. The van der Waals surface area contributed by atoms with Crippen molar-refractivity contribution in [2.24, 2.45) is 16.2 Å². The second-order valence-electron chi connectivity index (χ2n) is 18.0. The molecule has 2 bridgehead atoms. The van der Waals surface area contributed by atoms with Crippen LogP contribution in [0.2, 0.25) is 0 Å². The van der Waals surface area contributed by atoms with Crippen molar-refractivity contribution in [2.45, 2.75) is 72.3 Å². The molecule has 298 valence electrons. The van der Waals surface area contributed by atoms with E-state index in [1.165, 1.54) is 17.6 Å². The first-order chi connectivity index (χ1) is 27.0. The monoisotopic (exact) mass is 787 g/mol. The number of carbonyl (C=O) groups is 2. The number of fused-ring (bicyclic) bond motifs is 4. The molecule has 3 unspecified atom stereocenters. The highest BCUT2D eigenvalue weighted by atomic mass is 32.1. The molecule has 12 heteroatoms. The van der Waals surface area contributed by atoms with E-state index >= 15 is 0 Å². The number of anilines is 1. The molecule has 0 radical (unpaired) electrons. The maximum absolute atomic E-state index is 13.6. The van der Waals surface area contributed by atoms with Gasteiger partial charge in [-0.1, -0.05) is 57.2 Å². The number of para-hydroxylation sites is 1. The zero-order valence-corrected chi connectivity index (χ0v) is 34.8. The molecule has 3 atom stereocenters. The number of nitrogens with zero attached hydrogens (tertiary/aromatic N) is 4. The Kier molecular flexibility index (Phi) is 10.8. The number of amides is 1. The molecular weight excluding hydrogens is 735 g/mol. The minimum absolute atomic E-state index is 0.0824. The van der Waals surface area contributed by atoms with Crippen molar-refractivity contribution < 1.29 is 19.4 Å². The first-order valence-corrected chi connectivity index (χ1v) is 20.4. The average molecular weight is 788 g/mol. The summed E-state index contributed by atoms with van der Waals surface area (Å²) in [4.78, 5) is 42.3. The molecule has 5 aromatic rings. The van der Waals surface area contributed by atoms with Gasteiger partial charge in [0.15, 0.2) is 10.8 Å². The number of rotatable bonds is 13. The number of nitrogens with one attached hydrogen (secondary N) is 3. The number of thiazole rings is 1. The fourth-order valence-electron chi connectivity index (χ4n) is 10.2. The highest BCUT2D eigenvalue weighted by Crippen LogP contribution is 2.62. The van der Waals surface area contributed by atoms with Gasteiger partial charge in [-0.15, -0.1) is 0 Å². The van der Waals surface area contributed by atoms with Crippen LogP contribution in [-0.4, -0.2) is 82.4 Å². The quantitative estimate of drug-likeness (QED) is 0.0856. The lowest BCUT2D eigenvalue weighted by molar-refractivity contribution is -0.190. The van der Waals surface area contributed by atoms with Gasteiger partial charge >= 0.3 is 5.97 Å². The topological polar surface area (TPSA) is 153 Å². The van der Waals surface area contributed by atoms with Gasteiger partial charge in [-0.2, -0.15) is 0 Å². The third kappa shape index (κ3) is 8.63. The van der Waals surface area contributed by atoms with Crippen molar-refractivity contribution in [3.8, 4) is 11.3 Å². The van der Waals surface area contributed by atoms with Crippen LogP contribution in [0.5, 0.6) is 0 Å². The molecule has 2 saturated carbocycles. The number of carbonyl (C=O) groups excluding carboxylic acids is 1. The number of hydrogen-bond donors (Lipinski definition) is 4. The molecule has 2 aliphatic rings. The highest BCUT2D eigenvalue weighted by molar-refractivity contribution is 7.22. The van der Waals surface area contributed by atoms with Gasteiger partial charge < -0.3 is 25.5 Å². The van der Waals surface area contributed by atoms with E-state index < -0.39 is 5.97 Å². The average Bonchev–Trinajstić information content (AvgIpc) is 3.54. The molecule has 0 spiro atoms. The number of allylic oxidation sites excluding steroid dienone is 2. The molecule has 3 heterocycles. The van der Waals surface area contributed by atoms with E-state index in [2.05, 4.69) is 72.3 Å². The smallest absolute Gasteiger partial charge is 0.355 e. The lowest BCUT2D eigenvalue weighted by Crippen LogP contribution is -2.58. The summed E-state index contributed by atoms with van der Waals surface area (Å²) in [7, 11) is 4.15. The first kappa shape index (κ1) is 40.2. The van der Waals surface area contributed by atoms with Gasteiger partial charge in [0, 0.05) is 58.8 Å². The van der Waals surface area contributed by atoms with Gasteiger partial charge in [-0.05, 0) is 112 Å². The summed E-state index contributed by atoms with van der Waals surface area (Å²) in [6.45, 7) is 13.6. The molecule has 11 nitrogen and oxygen atoms in total. The molecule has 0 saturated heterocycles. The number of benzene rings is 2. The molecule has 4 N–H and O–H groups in total. The van der Waals surface area contributed by atoms with Crippen LogP contribution in [0.25, 0.3) is 38.0 Å². The second kappa shape index (κ2) is 15.4. The minimum atomic E-state index is -1.21. The zero-order valence-electron chi connectivity index (χ0n) is 34.0. The summed E-state index contributed by atoms with van der Waals surface area (Å²) in [5, 5.41) is 26.5. The van der Waals surface area contributed by atoms with Crippen molar-refractivity contribution in [3.63, 3.8) is 0 Å². The largest absolute Gasteiger partial charge is 0.476 e. The first-order valence-electron chi connectivity index (χ1n) is 19.5. The lowest BCUT2D eigenvalue weighted by atomic mass is 9.48. The third-order valence-electron chi connectivity index (χ3n) is 11.5. The lowest BCUT2D eigenvalue weighted by Gasteiger charge is -2.61. The predicted octanol–water partition coefficient (Wildman–Crippen LogP) is 9.16. The standard InChI is InChI=1S/C45H53N7O4S/c1-28(48-27-44(5)24-43(4)22-42(2,3)23-45(25-43,26-44)56-18-17-52(6)7)33(20-46)30-15-16-34(49-38(30)40(54)55)29-19-32-31(11-10-13-35(32)47-21-29)39(53)51-41-50-36-12-8-9-14-37(36)57-41/h8-16,19-21,46,48H,17-18,22-27H2,1-7H3,(H,54,55)(H,50,51,53)/b33-28+,46-20?. The Morgan fingerprint density at radius 2 is 1.72 bits per heavy atom. The molecule has 7 rings (SSSR count). The molecule has 1 amide bonds. The van der Waals surface area contributed by atoms with E-state index in [0.717, 1.165) is 48.9 Å². The van der Waals surface area contributed by atoms with Gasteiger partial charge in [0.05, 0.1) is 33.6 Å². The van der Waals surface area contributed by atoms with E-state index in [9.17, 15) is 14.7 Å². The number of hydrogen-bond acceptors (Lipinski definition) is 10. The fourth-order valence-corrected chi connectivity index (χ4v) is 11.1. The van der Waals surface area contributed by atoms with Gasteiger partial charge in [0.25, 0.3) is 5.91 Å². The van der Waals surface area contributed by atoms with Crippen LogP contribution in [0.15, 0.2) is 72.6 Å². The highest BCUT2D eigenvalue weighted by Gasteiger charge is 2.57. The number of aromatic carboxylic acids is 1.